The van der Waals surface area contributed by atoms with Crippen LogP contribution in [0.3, 0.4) is 0 Å². The number of aliphatic hydroxyl groups excluding tert-OH is 1. The molecule has 2 N–H and O–H groups in total. The van der Waals surface area contributed by atoms with Crippen LogP contribution in [-0.4, -0.2) is 62.6 Å². The van der Waals surface area contributed by atoms with Gasteiger partial charge in [0.2, 0.25) is 0 Å². The number of aliphatic hydroxyl groups is 1. The number of nitrogens with zero attached hydrogens (tertiary/aromatic N) is 2. The molecular weight excluding hydrogens is 595 g/mol. The minimum absolute atomic E-state index is 0.0133. The molecule has 2 aliphatic rings. The van der Waals surface area contributed by atoms with E-state index < -0.39 is 40.1 Å². The summed E-state index contributed by atoms with van der Waals surface area (Å²) in [6.45, 7) is 2.86. The quantitative estimate of drug-likeness (QED) is 0.285. The van der Waals surface area contributed by atoms with Crippen molar-refractivity contribution in [1.29, 1.82) is 0 Å². The zero-order valence-corrected chi connectivity index (χ0v) is 25.2. The second-order valence-corrected chi connectivity index (χ2v) is 13.7. The van der Waals surface area contributed by atoms with Crippen molar-refractivity contribution < 1.29 is 36.2 Å². The number of benzene rings is 2. The van der Waals surface area contributed by atoms with Crippen molar-refractivity contribution in [2.24, 2.45) is 5.92 Å². The summed E-state index contributed by atoms with van der Waals surface area (Å²) in [4.78, 5) is 19.8. The number of ether oxygens (including phenoxy) is 1. The van der Waals surface area contributed by atoms with E-state index in [2.05, 4.69) is 15.2 Å². The maximum Gasteiger partial charge on any atom is 0.416 e. The number of rotatable bonds is 12. The molecule has 8 nitrogen and oxygen atoms in total. The van der Waals surface area contributed by atoms with Crippen LogP contribution >= 0.6 is 0 Å². The number of carbonyl (C=O) groups is 1. The first-order chi connectivity index (χ1) is 21.0. The van der Waals surface area contributed by atoms with Crippen LogP contribution in [0.5, 0.6) is 0 Å². The van der Waals surface area contributed by atoms with Crippen molar-refractivity contribution in [3.8, 4) is 0 Å². The van der Waals surface area contributed by atoms with E-state index >= 15 is 0 Å². The highest BCUT2D eigenvalue weighted by Gasteiger charge is 2.36. The third-order valence-electron chi connectivity index (χ3n) is 8.30. The van der Waals surface area contributed by atoms with Gasteiger partial charge in [-0.2, -0.15) is 13.2 Å². The number of hydrogen-bond acceptors (Lipinski definition) is 7. The highest BCUT2D eigenvalue weighted by atomic mass is 32.2. The predicted molar refractivity (Wildman–Crippen MR) is 159 cm³/mol. The SMILES string of the molecule is CCS(=O)(=O)c1ccc([C@H](CO)NC(=O)c2ccc(N3CC(c4ccc(C(F)(F)F)cc4)C[C@H]3COCC3CC3)nc2)cc1. The Bertz CT molecular complexity index is 1530. The van der Waals surface area contributed by atoms with Gasteiger partial charge in [0.05, 0.1) is 47.1 Å². The van der Waals surface area contributed by atoms with Crippen LogP contribution in [0.15, 0.2) is 71.8 Å². The summed E-state index contributed by atoms with van der Waals surface area (Å²) in [5.74, 6) is 0.720. The number of amides is 1. The summed E-state index contributed by atoms with van der Waals surface area (Å²) >= 11 is 0. The molecule has 1 saturated carbocycles. The summed E-state index contributed by atoms with van der Waals surface area (Å²) in [5.41, 5.74) is 0.971. The minimum atomic E-state index is -4.39. The molecule has 0 radical (unpaired) electrons. The van der Waals surface area contributed by atoms with Crippen molar-refractivity contribution >= 4 is 21.6 Å². The van der Waals surface area contributed by atoms with Crippen LogP contribution in [0.4, 0.5) is 19.0 Å². The number of pyridine rings is 1. The van der Waals surface area contributed by atoms with Gasteiger partial charge >= 0.3 is 6.18 Å². The number of alkyl halides is 3. The number of nitrogens with one attached hydrogen (secondary N) is 1. The Labute approximate surface area is 255 Å². The first-order valence-corrected chi connectivity index (χ1v) is 16.4. The Balaban J connectivity index is 1.27. The van der Waals surface area contributed by atoms with Crippen LogP contribution in [0.25, 0.3) is 0 Å². The second kappa shape index (κ2) is 13.3. The standard InChI is InChI=1S/C32H36F3N3O5S/c1-2-44(41,42)28-12-7-23(8-13-28)29(18-39)37-31(40)24-9-14-30(36-16-24)38-17-25(15-27(38)20-43-19-21-3-4-21)22-5-10-26(11-6-22)32(33,34)35/h5-14,16,21,25,27,29,39H,2-4,15,17-20H2,1H3,(H,37,40)/t25?,27-,29-/m0/s1. The molecule has 0 bridgehead atoms. The van der Waals surface area contributed by atoms with E-state index in [4.69, 9.17) is 4.74 Å². The highest BCUT2D eigenvalue weighted by molar-refractivity contribution is 7.91. The van der Waals surface area contributed by atoms with E-state index in [1.165, 1.54) is 30.5 Å². The molecule has 1 aromatic heterocycles. The fourth-order valence-corrected chi connectivity index (χ4v) is 6.32. The van der Waals surface area contributed by atoms with Gasteiger partial charge in [-0.05, 0) is 72.7 Å². The molecule has 1 saturated heterocycles. The Hall–Kier alpha value is -3.48. The summed E-state index contributed by atoms with van der Waals surface area (Å²) in [7, 11) is -3.37. The van der Waals surface area contributed by atoms with Crippen molar-refractivity contribution in [2.45, 2.75) is 55.3 Å². The molecule has 2 aromatic carbocycles. The topological polar surface area (TPSA) is 109 Å². The first kappa shape index (κ1) is 31.9. The van der Waals surface area contributed by atoms with Crippen LogP contribution in [0.2, 0.25) is 0 Å². The van der Waals surface area contributed by atoms with Gasteiger partial charge in [-0.3, -0.25) is 4.79 Å². The highest BCUT2D eigenvalue weighted by Crippen LogP contribution is 2.37. The van der Waals surface area contributed by atoms with Gasteiger partial charge in [0.25, 0.3) is 5.91 Å². The van der Waals surface area contributed by atoms with Gasteiger partial charge in [0.15, 0.2) is 9.84 Å². The summed E-state index contributed by atoms with van der Waals surface area (Å²) < 4.78 is 69.5. The Morgan fingerprint density at radius 1 is 1.07 bits per heavy atom. The normalized spacial score (nSPS) is 19.6. The van der Waals surface area contributed by atoms with E-state index in [-0.39, 0.29) is 28.2 Å². The number of halogens is 3. The lowest BCUT2D eigenvalue weighted by atomic mass is 9.95. The third kappa shape index (κ3) is 7.59. The first-order valence-electron chi connectivity index (χ1n) is 14.7. The number of carbonyl (C=O) groups excluding carboxylic acids is 1. The summed E-state index contributed by atoms with van der Waals surface area (Å²) in [6.07, 6.45) is 0.0742. The average molecular weight is 632 g/mol. The maximum absolute atomic E-state index is 13.1. The molecule has 0 spiro atoms. The van der Waals surface area contributed by atoms with Gasteiger partial charge in [-0.1, -0.05) is 31.2 Å². The smallest absolute Gasteiger partial charge is 0.394 e. The number of sulfone groups is 1. The van der Waals surface area contributed by atoms with Crippen molar-refractivity contribution in [2.75, 3.05) is 37.0 Å². The molecule has 1 unspecified atom stereocenters. The monoisotopic (exact) mass is 631 g/mol. The molecule has 3 aromatic rings. The molecule has 1 amide bonds. The minimum Gasteiger partial charge on any atom is -0.394 e. The molecule has 2 fully saturated rings. The fraction of sp³-hybridized carbons (Fsp3) is 0.438. The summed E-state index contributed by atoms with van der Waals surface area (Å²) in [5, 5.41) is 12.7. The molecule has 236 valence electrons. The van der Waals surface area contributed by atoms with E-state index in [1.54, 1.807) is 31.2 Å². The average Bonchev–Trinajstić information content (AvgIpc) is 3.76. The number of anilines is 1. The predicted octanol–water partition coefficient (Wildman–Crippen LogP) is 5.15. The zero-order valence-electron chi connectivity index (χ0n) is 24.3. The van der Waals surface area contributed by atoms with Crippen molar-refractivity contribution in [1.82, 2.24) is 10.3 Å². The van der Waals surface area contributed by atoms with Crippen LogP contribution in [-0.2, 0) is 20.8 Å². The lowest BCUT2D eigenvalue weighted by molar-refractivity contribution is -0.137. The molecule has 2 heterocycles. The fourth-order valence-electron chi connectivity index (χ4n) is 5.44. The van der Waals surface area contributed by atoms with Gasteiger partial charge in [0.1, 0.15) is 5.82 Å². The molecule has 1 aliphatic carbocycles. The molecular formula is C32H36F3N3O5S. The van der Waals surface area contributed by atoms with Gasteiger partial charge in [-0.15, -0.1) is 0 Å². The van der Waals surface area contributed by atoms with E-state index in [1.807, 2.05) is 0 Å². The Morgan fingerprint density at radius 3 is 2.34 bits per heavy atom. The second-order valence-electron chi connectivity index (χ2n) is 11.4. The Morgan fingerprint density at radius 2 is 1.77 bits per heavy atom. The third-order valence-corrected chi connectivity index (χ3v) is 10.0. The van der Waals surface area contributed by atoms with E-state index in [0.717, 1.165) is 30.5 Å². The Kier molecular flexibility index (Phi) is 9.62. The number of aromatic nitrogens is 1. The maximum atomic E-state index is 13.1. The van der Waals surface area contributed by atoms with E-state index in [9.17, 15) is 31.5 Å². The van der Waals surface area contributed by atoms with Gasteiger partial charge < -0.3 is 20.1 Å². The molecule has 44 heavy (non-hydrogen) atoms. The zero-order chi connectivity index (χ0) is 31.5. The van der Waals surface area contributed by atoms with E-state index in [0.29, 0.717) is 43.5 Å². The van der Waals surface area contributed by atoms with Crippen LogP contribution in [0.1, 0.15) is 65.2 Å². The van der Waals surface area contributed by atoms with Crippen LogP contribution in [0, 0.1) is 5.92 Å². The molecule has 12 heteroatoms. The van der Waals surface area contributed by atoms with Crippen LogP contribution < -0.4 is 10.2 Å². The lowest BCUT2D eigenvalue weighted by Gasteiger charge is -2.26. The largest absolute Gasteiger partial charge is 0.416 e. The molecule has 5 rings (SSSR count). The number of hydrogen-bond donors (Lipinski definition) is 2. The van der Waals surface area contributed by atoms with Gasteiger partial charge in [-0.25, -0.2) is 13.4 Å². The van der Waals surface area contributed by atoms with Gasteiger partial charge in [0, 0.05) is 25.3 Å². The molecule has 3 atom stereocenters. The van der Waals surface area contributed by atoms with Crippen molar-refractivity contribution in [3.63, 3.8) is 0 Å². The van der Waals surface area contributed by atoms with Crippen molar-refractivity contribution in [3.05, 3.63) is 89.1 Å². The summed E-state index contributed by atoms with van der Waals surface area (Å²) in [6, 6.07) is 13.9. The molecule has 1 aliphatic heterocycles. The lowest BCUT2D eigenvalue weighted by Crippen LogP contribution is -2.34.